The molecule has 0 fully saturated rings. The molecule has 0 bridgehead atoms. The summed E-state index contributed by atoms with van der Waals surface area (Å²) < 4.78 is 124. The summed E-state index contributed by atoms with van der Waals surface area (Å²) in [4.78, 5) is 0. The second-order valence-electron chi connectivity index (χ2n) is 7.30. The van der Waals surface area contributed by atoms with Crippen molar-refractivity contribution in [3.8, 4) is 11.1 Å². The van der Waals surface area contributed by atoms with Gasteiger partial charge < -0.3 is 0 Å². The first-order valence-electron chi connectivity index (χ1n) is 8.90. The molecule has 2 rings (SSSR count). The van der Waals surface area contributed by atoms with Crippen LogP contribution in [0, 0.1) is 20.8 Å². The molecule has 0 saturated carbocycles. The standard InChI is InChI=1S/C21H19F9/c1-5-14-7-13(4)10-16(17(14)15-8-11(2)6-12(3)9-15)18(22,20(25,26)27)19(23,24)21(28,29)30/h6-10H,5H2,1-4H3. The van der Waals surface area contributed by atoms with Crippen molar-refractivity contribution in [3.63, 3.8) is 0 Å². The van der Waals surface area contributed by atoms with Gasteiger partial charge in [-0.1, -0.05) is 53.9 Å². The fraction of sp³-hybridized carbons (Fsp3) is 0.429. The maximum absolute atomic E-state index is 15.4. The fourth-order valence-electron chi connectivity index (χ4n) is 3.57. The van der Waals surface area contributed by atoms with Crippen molar-refractivity contribution in [3.05, 3.63) is 58.1 Å². The molecule has 2 aromatic rings. The molecule has 30 heavy (non-hydrogen) atoms. The number of halogens is 9. The molecule has 0 amide bonds. The molecule has 0 nitrogen and oxygen atoms in total. The smallest absolute Gasteiger partial charge is 0.221 e. The molecule has 166 valence electrons. The maximum Gasteiger partial charge on any atom is 0.457 e. The summed E-state index contributed by atoms with van der Waals surface area (Å²) in [6, 6.07) is 6.05. The molecule has 1 atom stereocenters. The van der Waals surface area contributed by atoms with Crippen LogP contribution in [0.5, 0.6) is 0 Å². The monoisotopic (exact) mass is 442 g/mol. The van der Waals surface area contributed by atoms with Gasteiger partial charge in [0.25, 0.3) is 0 Å². The van der Waals surface area contributed by atoms with Crippen LogP contribution >= 0.6 is 0 Å². The van der Waals surface area contributed by atoms with E-state index in [4.69, 9.17) is 0 Å². The predicted octanol–water partition coefficient (Wildman–Crippen LogP) is 7.77. The summed E-state index contributed by atoms with van der Waals surface area (Å²) in [5, 5.41) is 0. The second-order valence-corrected chi connectivity index (χ2v) is 7.30. The van der Waals surface area contributed by atoms with E-state index in [0.29, 0.717) is 17.2 Å². The van der Waals surface area contributed by atoms with E-state index in [1.54, 1.807) is 19.9 Å². The van der Waals surface area contributed by atoms with Crippen LogP contribution in [0.2, 0.25) is 0 Å². The fourth-order valence-corrected chi connectivity index (χ4v) is 3.57. The zero-order valence-corrected chi connectivity index (χ0v) is 16.5. The third kappa shape index (κ3) is 3.78. The Morgan fingerprint density at radius 2 is 1.10 bits per heavy atom. The van der Waals surface area contributed by atoms with E-state index < -0.39 is 35.1 Å². The maximum atomic E-state index is 15.4. The molecule has 2 aromatic carbocycles. The van der Waals surface area contributed by atoms with E-state index >= 15 is 4.39 Å². The first-order chi connectivity index (χ1) is 13.5. The third-order valence-corrected chi connectivity index (χ3v) is 4.81. The van der Waals surface area contributed by atoms with Gasteiger partial charge in [0.2, 0.25) is 0 Å². The molecule has 0 aliphatic carbocycles. The topological polar surface area (TPSA) is 0 Å². The quantitative estimate of drug-likeness (QED) is 0.425. The van der Waals surface area contributed by atoms with Crippen molar-refractivity contribution in [1.82, 2.24) is 0 Å². The minimum Gasteiger partial charge on any atom is -0.221 e. The lowest BCUT2D eigenvalue weighted by molar-refractivity contribution is -0.389. The van der Waals surface area contributed by atoms with Crippen LogP contribution < -0.4 is 0 Å². The summed E-state index contributed by atoms with van der Waals surface area (Å²) in [5.74, 6) is -6.72. The Labute approximate surface area is 167 Å². The molecular weight excluding hydrogens is 423 g/mol. The molecule has 9 heteroatoms. The molecule has 0 aliphatic rings. The van der Waals surface area contributed by atoms with Crippen LogP contribution in [0.25, 0.3) is 11.1 Å². The molecule has 0 aliphatic heterocycles. The van der Waals surface area contributed by atoms with E-state index in [0.717, 1.165) is 0 Å². The van der Waals surface area contributed by atoms with E-state index in [9.17, 15) is 35.1 Å². The van der Waals surface area contributed by atoms with Crippen molar-refractivity contribution in [2.24, 2.45) is 0 Å². The van der Waals surface area contributed by atoms with Gasteiger partial charge in [0.05, 0.1) is 0 Å². The van der Waals surface area contributed by atoms with Crippen LogP contribution in [0.1, 0.15) is 34.7 Å². The van der Waals surface area contributed by atoms with E-state index in [1.807, 2.05) is 0 Å². The SMILES string of the molecule is CCc1cc(C)cc(C(F)(C(F)(F)F)C(F)(F)C(F)(F)F)c1-c1cc(C)cc(C)c1. The first-order valence-corrected chi connectivity index (χ1v) is 8.90. The lowest BCUT2D eigenvalue weighted by Crippen LogP contribution is -2.60. The molecule has 0 radical (unpaired) electrons. The van der Waals surface area contributed by atoms with Gasteiger partial charge in [-0.05, 0) is 43.9 Å². The highest BCUT2D eigenvalue weighted by Gasteiger charge is 2.82. The van der Waals surface area contributed by atoms with E-state index in [-0.39, 0.29) is 23.1 Å². The number of hydrogen-bond donors (Lipinski definition) is 0. The van der Waals surface area contributed by atoms with Crippen LogP contribution in [-0.2, 0) is 12.1 Å². The molecule has 0 saturated heterocycles. The molecule has 0 N–H and O–H groups in total. The lowest BCUT2D eigenvalue weighted by atomic mass is 9.79. The van der Waals surface area contributed by atoms with Crippen LogP contribution in [0.3, 0.4) is 0 Å². The van der Waals surface area contributed by atoms with Crippen LogP contribution in [0.4, 0.5) is 39.5 Å². The summed E-state index contributed by atoms with van der Waals surface area (Å²) >= 11 is 0. The Bertz CT molecular complexity index is 918. The Morgan fingerprint density at radius 3 is 1.50 bits per heavy atom. The Balaban J connectivity index is 3.09. The van der Waals surface area contributed by atoms with Gasteiger partial charge in [0.1, 0.15) is 0 Å². The number of rotatable bonds is 4. The van der Waals surface area contributed by atoms with Gasteiger partial charge in [-0.25, -0.2) is 4.39 Å². The average molecular weight is 442 g/mol. The van der Waals surface area contributed by atoms with E-state index in [1.165, 1.54) is 32.0 Å². The van der Waals surface area contributed by atoms with Gasteiger partial charge in [0.15, 0.2) is 0 Å². The predicted molar refractivity (Wildman–Crippen MR) is 95.3 cm³/mol. The number of aryl methyl sites for hydroxylation is 4. The van der Waals surface area contributed by atoms with Crippen LogP contribution in [0.15, 0.2) is 30.3 Å². The summed E-state index contributed by atoms with van der Waals surface area (Å²) in [5.41, 5.74) is -7.41. The summed E-state index contributed by atoms with van der Waals surface area (Å²) in [6.45, 7) is 5.84. The second kappa shape index (κ2) is 7.50. The lowest BCUT2D eigenvalue weighted by Gasteiger charge is -2.38. The molecule has 0 spiro atoms. The Hall–Kier alpha value is -2.19. The van der Waals surface area contributed by atoms with Crippen LogP contribution in [-0.4, -0.2) is 18.3 Å². The third-order valence-electron chi connectivity index (χ3n) is 4.81. The largest absolute Gasteiger partial charge is 0.457 e. The van der Waals surface area contributed by atoms with Gasteiger partial charge in [0, 0.05) is 5.56 Å². The highest BCUT2D eigenvalue weighted by Crippen LogP contribution is 2.60. The zero-order valence-electron chi connectivity index (χ0n) is 16.5. The molecular formula is C21H19F9. The minimum atomic E-state index is -6.77. The van der Waals surface area contributed by atoms with Gasteiger partial charge >= 0.3 is 23.9 Å². The van der Waals surface area contributed by atoms with Crippen molar-refractivity contribution in [2.45, 2.75) is 58.1 Å². The van der Waals surface area contributed by atoms with E-state index in [2.05, 4.69) is 0 Å². The Kier molecular flexibility index (Phi) is 6.02. The number of alkyl halides is 9. The van der Waals surface area contributed by atoms with Gasteiger partial charge in [-0.2, -0.15) is 35.1 Å². The van der Waals surface area contributed by atoms with Crippen molar-refractivity contribution in [1.29, 1.82) is 0 Å². The molecule has 1 unspecified atom stereocenters. The zero-order chi connectivity index (χ0) is 23.3. The minimum absolute atomic E-state index is 0.0114. The molecule has 0 heterocycles. The Morgan fingerprint density at radius 1 is 0.633 bits per heavy atom. The summed E-state index contributed by atoms with van der Waals surface area (Å²) in [7, 11) is 0. The first kappa shape index (κ1) is 24.1. The summed E-state index contributed by atoms with van der Waals surface area (Å²) in [6.07, 6.45) is -13.3. The van der Waals surface area contributed by atoms with Crippen molar-refractivity contribution < 1.29 is 39.5 Å². The highest BCUT2D eigenvalue weighted by molar-refractivity contribution is 5.74. The van der Waals surface area contributed by atoms with Gasteiger partial charge in [-0.3, -0.25) is 0 Å². The molecule has 0 aromatic heterocycles. The highest BCUT2D eigenvalue weighted by atomic mass is 19.4. The number of hydrogen-bond acceptors (Lipinski definition) is 0. The number of benzene rings is 2. The van der Waals surface area contributed by atoms with Crippen molar-refractivity contribution in [2.75, 3.05) is 0 Å². The van der Waals surface area contributed by atoms with Crippen molar-refractivity contribution >= 4 is 0 Å². The van der Waals surface area contributed by atoms with Gasteiger partial charge in [-0.15, -0.1) is 0 Å². The normalized spacial score (nSPS) is 15.2. The average Bonchev–Trinajstić information content (AvgIpc) is 2.56.